The molecule has 0 radical (unpaired) electrons. The molecule has 0 atom stereocenters. The summed E-state index contributed by atoms with van der Waals surface area (Å²) in [6.07, 6.45) is 3.23. The van der Waals surface area contributed by atoms with E-state index in [1.807, 2.05) is 0 Å². The number of aromatic hydroxyl groups is 1. The Morgan fingerprint density at radius 3 is 2.69 bits per heavy atom. The van der Waals surface area contributed by atoms with Crippen LogP contribution in [0.4, 0.5) is 5.69 Å². The number of aromatic nitrogens is 1. The highest BCUT2D eigenvalue weighted by Crippen LogP contribution is 2.18. The van der Waals surface area contributed by atoms with Crippen LogP contribution >= 0.6 is 0 Å². The third kappa shape index (κ3) is 2.78. The number of hydrogen-bond acceptors (Lipinski definition) is 5. The summed E-state index contributed by atoms with van der Waals surface area (Å²) in [7, 11) is 0. The zero-order chi connectivity index (χ0) is 11.2. The topological polar surface area (TPSA) is 67.1 Å². The van der Waals surface area contributed by atoms with Gasteiger partial charge in [-0.25, -0.2) is 0 Å². The van der Waals surface area contributed by atoms with Crippen molar-refractivity contribution >= 4 is 5.69 Å². The van der Waals surface area contributed by atoms with E-state index in [-0.39, 0.29) is 5.75 Å². The van der Waals surface area contributed by atoms with Crippen molar-refractivity contribution in [2.75, 3.05) is 0 Å². The van der Waals surface area contributed by atoms with E-state index in [9.17, 15) is 0 Å². The predicted octanol–water partition coefficient (Wildman–Crippen LogP) is 2.86. The molecule has 5 nitrogen and oxygen atoms in total. The summed E-state index contributed by atoms with van der Waals surface area (Å²) in [4.78, 5) is 8.82. The molecule has 16 heavy (non-hydrogen) atoms. The molecule has 0 amide bonds. The molecule has 0 bridgehead atoms. The highest BCUT2D eigenvalue weighted by molar-refractivity contribution is 5.33. The Kier molecular flexibility index (Phi) is 3.08. The van der Waals surface area contributed by atoms with Crippen molar-refractivity contribution < 1.29 is 9.94 Å². The van der Waals surface area contributed by atoms with Crippen molar-refractivity contribution in [1.82, 2.24) is 4.98 Å². The van der Waals surface area contributed by atoms with Gasteiger partial charge in [0.2, 0.25) is 0 Å². The quantitative estimate of drug-likeness (QED) is 0.632. The maximum atomic E-state index is 9.17. The van der Waals surface area contributed by atoms with Crippen molar-refractivity contribution in [3.63, 3.8) is 0 Å². The first-order valence-corrected chi connectivity index (χ1v) is 4.62. The number of pyridine rings is 1. The van der Waals surface area contributed by atoms with Crippen LogP contribution in [0, 0.1) is 0 Å². The molecule has 1 heterocycles. The standard InChI is InChI=1S/C11H9N3O2/c15-10-2-1-3-11(8-10)16-14-13-9-4-6-12-7-5-9/h1-8,15H. The fourth-order valence-electron chi connectivity index (χ4n) is 1.07. The van der Waals surface area contributed by atoms with E-state index in [1.54, 1.807) is 42.7 Å². The van der Waals surface area contributed by atoms with E-state index in [1.165, 1.54) is 6.07 Å². The molecule has 1 aromatic carbocycles. The first kappa shape index (κ1) is 10.1. The van der Waals surface area contributed by atoms with Crippen LogP contribution in [0.3, 0.4) is 0 Å². The van der Waals surface area contributed by atoms with Crippen LogP contribution in [-0.2, 0) is 0 Å². The van der Waals surface area contributed by atoms with Crippen molar-refractivity contribution in [2.45, 2.75) is 0 Å². The lowest BCUT2D eigenvalue weighted by Gasteiger charge is -1.96. The third-order valence-corrected chi connectivity index (χ3v) is 1.78. The molecular weight excluding hydrogens is 206 g/mol. The molecule has 1 aromatic heterocycles. The molecule has 5 heteroatoms. The normalized spacial score (nSPS) is 10.5. The summed E-state index contributed by atoms with van der Waals surface area (Å²) in [5, 5.41) is 16.5. The summed E-state index contributed by atoms with van der Waals surface area (Å²) < 4.78 is 0. The molecule has 0 aliphatic carbocycles. The van der Waals surface area contributed by atoms with E-state index in [0.717, 1.165) is 0 Å². The van der Waals surface area contributed by atoms with E-state index in [2.05, 4.69) is 15.4 Å². The molecule has 2 aromatic rings. The Labute approximate surface area is 92.0 Å². The molecule has 80 valence electrons. The van der Waals surface area contributed by atoms with Crippen LogP contribution in [0.1, 0.15) is 0 Å². The summed E-state index contributed by atoms with van der Waals surface area (Å²) in [5.74, 6) is 0.550. The predicted molar refractivity (Wildman–Crippen MR) is 57.5 cm³/mol. The Morgan fingerprint density at radius 1 is 1.12 bits per heavy atom. The van der Waals surface area contributed by atoms with E-state index in [0.29, 0.717) is 11.4 Å². The Morgan fingerprint density at radius 2 is 1.94 bits per heavy atom. The summed E-state index contributed by atoms with van der Waals surface area (Å²) in [6.45, 7) is 0. The van der Waals surface area contributed by atoms with Crippen molar-refractivity contribution in [2.24, 2.45) is 10.4 Å². The summed E-state index contributed by atoms with van der Waals surface area (Å²) >= 11 is 0. The smallest absolute Gasteiger partial charge is 0.163 e. The van der Waals surface area contributed by atoms with Gasteiger partial charge in [0.25, 0.3) is 0 Å². The first-order chi connectivity index (χ1) is 7.84. The fraction of sp³-hybridized carbons (Fsp3) is 0. The largest absolute Gasteiger partial charge is 0.508 e. The summed E-state index contributed by atoms with van der Waals surface area (Å²) in [6, 6.07) is 9.74. The van der Waals surface area contributed by atoms with Gasteiger partial charge in [0.1, 0.15) is 5.75 Å². The van der Waals surface area contributed by atoms with Gasteiger partial charge in [-0.05, 0) is 24.3 Å². The van der Waals surface area contributed by atoms with E-state index < -0.39 is 0 Å². The molecular formula is C11H9N3O2. The zero-order valence-corrected chi connectivity index (χ0v) is 8.32. The minimum absolute atomic E-state index is 0.122. The second kappa shape index (κ2) is 4.88. The van der Waals surface area contributed by atoms with Gasteiger partial charge in [0, 0.05) is 23.7 Å². The lowest BCUT2D eigenvalue weighted by atomic mass is 10.3. The Bertz CT molecular complexity index is 486. The number of rotatable bonds is 3. The van der Waals surface area contributed by atoms with Gasteiger partial charge in [-0.3, -0.25) is 4.98 Å². The minimum Gasteiger partial charge on any atom is -0.508 e. The first-order valence-electron chi connectivity index (χ1n) is 4.62. The lowest BCUT2D eigenvalue weighted by Crippen LogP contribution is -1.80. The SMILES string of the molecule is Oc1cccc(ON=Nc2ccncc2)c1. The van der Waals surface area contributed by atoms with Crippen molar-refractivity contribution in [1.29, 1.82) is 0 Å². The molecule has 0 saturated carbocycles. The molecule has 1 N–H and O–H groups in total. The molecule has 2 rings (SSSR count). The lowest BCUT2D eigenvalue weighted by molar-refractivity contribution is 0.311. The molecule has 0 aliphatic rings. The zero-order valence-electron chi connectivity index (χ0n) is 8.32. The number of phenolic OH excluding ortho intramolecular Hbond substituents is 1. The van der Waals surface area contributed by atoms with Gasteiger partial charge in [-0.1, -0.05) is 6.07 Å². The van der Waals surface area contributed by atoms with Crippen molar-refractivity contribution in [3.05, 3.63) is 48.8 Å². The van der Waals surface area contributed by atoms with Gasteiger partial charge in [0.15, 0.2) is 5.75 Å². The summed E-state index contributed by atoms with van der Waals surface area (Å²) in [5.41, 5.74) is 0.648. The van der Waals surface area contributed by atoms with Crippen LogP contribution in [0.25, 0.3) is 0 Å². The van der Waals surface area contributed by atoms with Crippen LogP contribution in [-0.4, -0.2) is 10.1 Å². The molecule has 0 fully saturated rings. The maximum absolute atomic E-state index is 9.17. The second-order valence-electron chi connectivity index (χ2n) is 2.98. The van der Waals surface area contributed by atoms with Gasteiger partial charge in [-0.2, -0.15) is 0 Å². The van der Waals surface area contributed by atoms with E-state index >= 15 is 0 Å². The number of benzene rings is 1. The van der Waals surface area contributed by atoms with Crippen LogP contribution < -0.4 is 4.84 Å². The maximum Gasteiger partial charge on any atom is 0.163 e. The molecule has 0 spiro atoms. The number of nitrogens with zero attached hydrogens (tertiary/aromatic N) is 3. The number of phenols is 1. The third-order valence-electron chi connectivity index (χ3n) is 1.78. The van der Waals surface area contributed by atoms with Gasteiger partial charge < -0.3 is 9.94 Å². The minimum atomic E-state index is 0.122. The van der Waals surface area contributed by atoms with Gasteiger partial charge >= 0.3 is 0 Å². The van der Waals surface area contributed by atoms with E-state index in [4.69, 9.17) is 9.94 Å². The monoisotopic (exact) mass is 215 g/mol. The average Bonchev–Trinajstić information content (AvgIpc) is 2.30. The highest BCUT2D eigenvalue weighted by atomic mass is 16.6. The van der Waals surface area contributed by atoms with Gasteiger partial charge in [0.05, 0.1) is 5.69 Å². The van der Waals surface area contributed by atoms with Crippen molar-refractivity contribution in [3.8, 4) is 11.5 Å². The van der Waals surface area contributed by atoms with Gasteiger partial charge in [-0.15, -0.1) is 5.11 Å². The van der Waals surface area contributed by atoms with Crippen LogP contribution in [0.2, 0.25) is 0 Å². The molecule has 0 saturated heterocycles. The number of hydrogen-bond donors (Lipinski definition) is 1. The highest BCUT2D eigenvalue weighted by Gasteiger charge is 1.93. The molecule has 0 unspecified atom stereocenters. The second-order valence-corrected chi connectivity index (χ2v) is 2.98. The molecule has 0 aliphatic heterocycles. The van der Waals surface area contributed by atoms with Crippen LogP contribution in [0.5, 0.6) is 11.5 Å². The Hall–Kier alpha value is -2.43. The fourth-order valence-corrected chi connectivity index (χ4v) is 1.07. The average molecular weight is 215 g/mol. The Balaban J connectivity index is 2.00. The van der Waals surface area contributed by atoms with Crippen LogP contribution in [0.15, 0.2) is 59.2 Å².